The fourth-order valence-corrected chi connectivity index (χ4v) is 10.8. The largest absolute Gasteiger partial charge is 0.456 e. The van der Waals surface area contributed by atoms with E-state index in [1.54, 1.807) is 0 Å². The van der Waals surface area contributed by atoms with Gasteiger partial charge in [-0.2, -0.15) is 0 Å². The monoisotopic (exact) mass is 860 g/mol. The minimum absolute atomic E-state index is 0. The minimum atomic E-state index is -0.0876. The Bertz CT molecular complexity index is 3840. The van der Waals surface area contributed by atoms with Crippen LogP contribution < -0.4 is 4.90 Å². The van der Waals surface area contributed by atoms with Gasteiger partial charge in [-0.15, -0.1) is 0 Å². The van der Waals surface area contributed by atoms with Crippen LogP contribution >= 0.6 is 0 Å². The molecular formula is C64H48N2O. The number of fused-ring (bicyclic) bond motifs is 9. The fourth-order valence-electron chi connectivity index (χ4n) is 10.8. The summed E-state index contributed by atoms with van der Waals surface area (Å²) in [6.07, 6.45) is 0. The molecule has 1 aliphatic rings. The van der Waals surface area contributed by atoms with Gasteiger partial charge in [0.15, 0.2) is 0 Å². The lowest BCUT2D eigenvalue weighted by Crippen LogP contribution is -2.14. The van der Waals surface area contributed by atoms with Gasteiger partial charge in [0.1, 0.15) is 11.2 Å². The number of nitrogens with zero attached hydrogens (tertiary/aromatic N) is 2. The number of furan rings is 1. The average molecular weight is 861 g/mol. The molecule has 0 N–H and O–H groups in total. The van der Waals surface area contributed by atoms with Gasteiger partial charge in [0.2, 0.25) is 0 Å². The SMILES string of the molecule is C.CC1(C)c2ccccc2-c2ccc(-c3cccc(N(c4ccc(-c5ccccc5)cc4)c4cccc5oc6ccc(-c7ccc8c(c7)c7ccccc7n8-c7ccccc7)cc6c45)c3)cc21. The van der Waals surface area contributed by atoms with Crippen molar-refractivity contribution in [2.24, 2.45) is 0 Å². The maximum Gasteiger partial charge on any atom is 0.137 e. The van der Waals surface area contributed by atoms with Gasteiger partial charge >= 0.3 is 0 Å². The molecular weight excluding hydrogens is 813 g/mol. The fraction of sp³-hybridized carbons (Fsp3) is 0.0625. The Kier molecular flexibility index (Phi) is 9.37. The molecule has 0 saturated heterocycles. The third-order valence-electron chi connectivity index (χ3n) is 14.0. The first-order chi connectivity index (χ1) is 32.5. The van der Waals surface area contributed by atoms with Crippen LogP contribution in [0, 0.1) is 0 Å². The highest BCUT2D eigenvalue weighted by Crippen LogP contribution is 2.50. The molecule has 67 heavy (non-hydrogen) atoms. The van der Waals surface area contributed by atoms with E-state index < -0.39 is 0 Å². The molecule has 0 radical (unpaired) electrons. The Balaban J connectivity index is 0.00000468. The second-order valence-electron chi connectivity index (χ2n) is 18.1. The Labute approximate surface area is 391 Å². The van der Waals surface area contributed by atoms with Crippen LogP contribution in [-0.4, -0.2) is 4.57 Å². The highest BCUT2D eigenvalue weighted by Gasteiger charge is 2.35. The molecule has 0 bridgehead atoms. The highest BCUT2D eigenvalue weighted by molar-refractivity contribution is 6.15. The summed E-state index contributed by atoms with van der Waals surface area (Å²) in [5.74, 6) is 0. The number of anilines is 3. The van der Waals surface area contributed by atoms with E-state index in [-0.39, 0.29) is 12.8 Å². The van der Waals surface area contributed by atoms with Crippen LogP contribution in [-0.2, 0) is 5.41 Å². The first-order valence-electron chi connectivity index (χ1n) is 22.8. The summed E-state index contributed by atoms with van der Waals surface area (Å²) in [6, 6.07) is 83.8. The minimum Gasteiger partial charge on any atom is -0.456 e. The van der Waals surface area contributed by atoms with Gasteiger partial charge in [0, 0.05) is 38.6 Å². The van der Waals surface area contributed by atoms with Crippen LogP contribution in [0.1, 0.15) is 32.4 Å². The lowest BCUT2D eigenvalue weighted by Gasteiger charge is -2.27. The van der Waals surface area contributed by atoms with Crippen molar-refractivity contribution in [3.63, 3.8) is 0 Å². The van der Waals surface area contributed by atoms with Gasteiger partial charge in [-0.3, -0.25) is 0 Å². The molecule has 0 spiro atoms. The molecule has 2 heterocycles. The lowest BCUT2D eigenvalue weighted by molar-refractivity contribution is 0.660. The molecule has 3 heteroatoms. The third kappa shape index (κ3) is 6.42. The predicted octanol–water partition coefficient (Wildman–Crippen LogP) is 18.1. The molecule has 320 valence electrons. The average Bonchev–Trinajstić information content (AvgIpc) is 4.00. The van der Waals surface area contributed by atoms with Crippen LogP contribution in [0.4, 0.5) is 17.1 Å². The molecule has 3 nitrogen and oxygen atoms in total. The van der Waals surface area contributed by atoms with E-state index in [0.717, 1.165) is 55.8 Å². The van der Waals surface area contributed by atoms with Crippen LogP contribution in [0.2, 0.25) is 0 Å². The van der Waals surface area contributed by atoms with Crippen molar-refractivity contribution in [1.82, 2.24) is 4.57 Å². The van der Waals surface area contributed by atoms with E-state index in [0.29, 0.717) is 0 Å². The van der Waals surface area contributed by atoms with Gasteiger partial charge in [-0.1, -0.05) is 167 Å². The molecule has 0 aliphatic heterocycles. The van der Waals surface area contributed by atoms with Crippen LogP contribution in [0.25, 0.3) is 93.9 Å². The third-order valence-corrected chi connectivity index (χ3v) is 14.0. The van der Waals surface area contributed by atoms with Gasteiger partial charge < -0.3 is 13.9 Å². The zero-order valence-corrected chi connectivity index (χ0v) is 36.7. The zero-order chi connectivity index (χ0) is 43.9. The number of para-hydroxylation sites is 2. The first kappa shape index (κ1) is 40.1. The molecule has 12 aromatic rings. The molecule has 0 saturated carbocycles. The van der Waals surface area contributed by atoms with Gasteiger partial charge in [-0.05, 0) is 141 Å². The van der Waals surface area contributed by atoms with E-state index in [1.807, 2.05) is 0 Å². The van der Waals surface area contributed by atoms with Crippen molar-refractivity contribution in [1.29, 1.82) is 0 Å². The lowest BCUT2D eigenvalue weighted by atomic mass is 9.81. The molecule has 13 rings (SSSR count). The molecule has 0 amide bonds. The summed E-state index contributed by atoms with van der Waals surface area (Å²) in [5.41, 5.74) is 20.8. The summed E-state index contributed by atoms with van der Waals surface area (Å²) in [6.45, 7) is 4.70. The van der Waals surface area contributed by atoms with Crippen molar-refractivity contribution in [2.45, 2.75) is 26.7 Å². The normalized spacial score (nSPS) is 12.6. The van der Waals surface area contributed by atoms with E-state index >= 15 is 0 Å². The Morgan fingerprint density at radius 2 is 0.985 bits per heavy atom. The predicted molar refractivity (Wildman–Crippen MR) is 283 cm³/mol. The van der Waals surface area contributed by atoms with Crippen LogP contribution in [0.3, 0.4) is 0 Å². The van der Waals surface area contributed by atoms with Gasteiger partial charge in [0.05, 0.1) is 22.1 Å². The smallest absolute Gasteiger partial charge is 0.137 e. The standard InChI is InChI=1S/C63H44N2O.CH4/c1-63(2)55-23-11-9-21-50(55)51-34-29-46(40-56(51)63)43-17-13-20-49(37-43)64(48-32-27-42(28-33-48)41-15-5-3-6-16-41)59-25-14-26-61-62(59)54-39-45(31-36-60(54)66-61)44-30-35-58-53(38-44)52-22-10-12-24-57(52)65(58)47-18-7-4-8-19-47;/h3-40H,1-2H3;1H4. The van der Waals surface area contributed by atoms with Gasteiger partial charge in [-0.25, -0.2) is 0 Å². The van der Waals surface area contributed by atoms with Crippen molar-refractivity contribution in [2.75, 3.05) is 4.90 Å². The second kappa shape index (κ2) is 15.6. The molecule has 2 aromatic heterocycles. The van der Waals surface area contributed by atoms with Crippen molar-refractivity contribution < 1.29 is 4.42 Å². The molecule has 0 atom stereocenters. The molecule has 0 unspecified atom stereocenters. The van der Waals surface area contributed by atoms with E-state index in [1.165, 1.54) is 66.3 Å². The van der Waals surface area contributed by atoms with Crippen molar-refractivity contribution in [3.05, 3.63) is 242 Å². The second-order valence-corrected chi connectivity index (χ2v) is 18.1. The topological polar surface area (TPSA) is 21.3 Å². The number of hydrogen-bond donors (Lipinski definition) is 0. The number of aromatic nitrogens is 1. The first-order valence-corrected chi connectivity index (χ1v) is 22.8. The van der Waals surface area contributed by atoms with E-state index in [9.17, 15) is 0 Å². The van der Waals surface area contributed by atoms with Gasteiger partial charge in [0.25, 0.3) is 0 Å². The van der Waals surface area contributed by atoms with Crippen LogP contribution in [0.15, 0.2) is 235 Å². The van der Waals surface area contributed by atoms with E-state index in [2.05, 4.69) is 254 Å². The quantitative estimate of drug-likeness (QED) is 0.159. The number of hydrogen-bond acceptors (Lipinski definition) is 2. The number of benzene rings is 10. The maximum atomic E-state index is 6.71. The number of rotatable bonds is 7. The summed E-state index contributed by atoms with van der Waals surface area (Å²) >= 11 is 0. The maximum absolute atomic E-state index is 6.71. The molecule has 1 aliphatic carbocycles. The van der Waals surface area contributed by atoms with E-state index in [4.69, 9.17) is 4.42 Å². The Morgan fingerprint density at radius 3 is 1.82 bits per heavy atom. The summed E-state index contributed by atoms with van der Waals surface area (Å²) in [4.78, 5) is 2.40. The zero-order valence-electron chi connectivity index (χ0n) is 36.7. The van der Waals surface area contributed by atoms with Crippen LogP contribution in [0.5, 0.6) is 0 Å². The highest BCUT2D eigenvalue weighted by atomic mass is 16.3. The molecule has 0 fully saturated rings. The Hall–Kier alpha value is -8.40. The summed E-state index contributed by atoms with van der Waals surface area (Å²) < 4.78 is 9.08. The van der Waals surface area contributed by atoms with Crippen molar-refractivity contribution >= 4 is 60.8 Å². The Morgan fingerprint density at radius 1 is 0.388 bits per heavy atom. The van der Waals surface area contributed by atoms with Crippen molar-refractivity contribution in [3.8, 4) is 50.2 Å². The summed E-state index contributed by atoms with van der Waals surface area (Å²) in [7, 11) is 0. The molecule has 10 aromatic carbocycles. The summed E-state index contributed by atoms with van der Waals surface area (Å²) in [5, 5.41) is 4.62.